The Labute approximate surface area is 210 Å². The van der Waals surface area contributed by atoms with E-state index in [-0.39, 0.29) is 5.54 Å². The van der Waals surface area contributed by atoms with Crippen molar-refractivity contribution >= 4 is 17.8 Å². The summed E-state index contributed by atoms with van der Waals surface area (Å²) in [6.45, 7) is 13.5. The molecule has 2 aliphatic rings. The predicted molar refractivity (Wildman–Crippen MR) is 119 cm³/mol. The van der Waals surface area contributed by atoms with Gasteiger partial charge in [0.05, 0.1) is 5.54 Å². The minimum atomic E-state index is -5.08. The van der Waals surface area contributed by atoms with Gasteiger partial charge in [-0.05, 0) is 32.2 Å². The molecule has 1 saturated heterocycles. The highest BCUT2D eigenvalue weighted by atomic mass is 19.4. The van der Waals surface area contributed by atoms with Gasteiger partial charge in [0, 0.05) is 44.5 Å². The van der Waals surface area contributed by atoms with Crippen LogP contribution in [-0.2, 0) is 26.5 Å². The number of imidazole rings is 1. The molecule has 1 aromatic rings. The van der Waals surface area contributed by atoms with Crippen LogP contribution in [-0.4, -0.2) is 85.9 Å². The first kappa shape index (κ1) is 32.2. The van der Waals surface area contributed by atoms with Crippen molar-refractivity contribution in [2.45, 2.75) is 71.4 Å². The summed E-state index contributed by atoms with van der Waals surface area (Å²) in [7, 11) is 0. The predicted octanol–water partition coefficient (Wildman–Crippen LogP) is 3.66. The number of carboxylic acid groups (broad SMARTS) is 2. The topological polar surface area (TPSA) is 116 Å². The lowest BCUT2D eigenvalue weighted by atomic mass is 9.83. The molecular formula is C22H32F6N4O5. The van der Waals surface area contributed by atoms with Gasteiger partial charge in [0.15, 0.2) is 0 Å². The molecule has 0 radical (unpaired) electrons. The van der Waals surface area contributed by atoms with E-state index in [2.05, 4.69) is 42.1 Å². The molecule has 1 aromatic heterocycles. The monoisotopic (exact) mass is 546 g/mol. The van der Waals surface area contributed by atoms with Crippen molar-refractivity contribution in [2.24, 2.45) is 5.92 Å². The van der Waals surface area contributed by atoms with Crippen LogP contribution in [0.25, 0.3) is 0 Å². The van der Waals surface area contributed by atoms with Gasteiger partial charge in [0.25, 0.3) is 0 Å². The number of halogens is 6. The Balaban J connectivity index is 0.000000404. The van der Waals surface area contributed by atoms with Crippen LogP contribution in [0.4, 0.5) is 26.3 Å². The van der Waals surface area contributed by atoms with Crippen LogP contribution in [0.1, 0.15) is 51.6 Å². The van der Waals surface area contributed by atoms with E-state index in [0.717, 1.165) is 45.6 Å². The number of hydrogen-bond acceptors (Lipinski definition) is 5. The van der Waals surface area contributed by atoms with E-state index in [9.17, 15) is 31.1 Å². The third kappa shape index (κ3) is 8.61. The number of carbonyl (C=O) groups is 3. The van der Waals surface area contributed by atoms with Gasteiger partial charge in [-0.25, -0.2) is 14.6 Å². The van der Waals surface area contributed by atoms with Gasteiger partial charge in [-0.2, -0.15) is 26.3 Å². The minimum absolute atomic E-state index is 0.0237. The third-order valence-electron chi connectivity index (χ3n) is 6.06. The van der Waals surface area contributed by atoms with E-state index >= 15 is 0 Å². The largest absolute Gasteiger partial charge is 0.490 e. The van der Waals surface area contributed by atoms with Crippen LogP contribution >= 0.6 is 0 Å². The van der Waals surface area contributed by atoms with Gasteiger partial charge in [-0.3, -0.25) is 9.69 Å². The zero-order chi connectivity index (χ0) is 28.8. The second-order valence-electron chi connectivity index (χ2n) is 9.07. The van der Waals surface area contributed by atoms with E-state index in [1.807, 2.05) is 6.20 Å². The molecule has 1 spiro atoms. The maximum absolute atomic E-state index is 12.4. The number of aromatic nitrogens is 2. The molecule has 1 fully saturated rings. The third-order valence-corrected chi connectivity index (χ3v) is 6.06. The molecule has 0 aliphatic carbocycles. The summed E-state index contributed by atoms with van der Waals surface area (Å²) in [4.78, 5) is 39.6. The van der Waals surface area contributed by atoms with Crippen molar-refractivity contribution < 1.29 is 50.9 Å². The SMILES string of the molecule is CCN1CCn2c(C)cnc2C12CCN(C(=O)CC(C)C)CC2.O=C(O)C(F)(F)F.O=C(O)C(F)(F)F. The first-order valence-electron chi connectivity index (χ1n) is 11.5. The van der Waals surface area contributed by atoms with Crippen LogP contribution in [0, 0.1) is 12.8 Å². The van der Waals surface area contributed by atoms with Gasteiger partial charge in [0.2, 0.25) is 5.91 Å². The van der Waals surface area contributed by atoms with Gasteiger partial charge < -0.3 is 19.7 Å². The smallest absolute Gasteiger partial charge is 0.475 e. The lowest BCUT2D eigenvalue weighted by Crippen LogP contribution is -2.58. The number of amides is 1. The number of hydrogen-bond donors (Lipinski definition) is 2. The second kappa shape index (κ2) is 12.6. The maximum atomic E-state index is 12.4. The number of likely N-dealkylation sites (tertiary alicyclic amines) is 1. The van der Waals surface area contributed by atoms with Crippen molar-refractivity contribution in [1.82, 2.24) is 19.4 Å². The Morgan fingerprint density at radius 3 is 1.81 bits per heavy atom. The molecule has 3 rings (SSSR count). The summed E-state index contributed by atoms with van der Waals surface area (Å²) >= 11 is 0. The van der Waals surface area contributed by atoms with E-state index in [1.54, 1.807) is 0 Å². The fourth-order valence-corrected chi connectivity index (χ4v) is 4.30. The molecule has 0 atom stereocenters. The molecule has 37 heavy (non-hydrogen) atoms. The van der Waals surface area contributed by atoms with Crippen LogP contribution in [0.2, 0.25) is 0 Å². The highest BCUT2D eigenvalue weighted by molar-refractivity contribution is 5.76. The van der Waals surface area contributed by atoms with E-state index in [1.165, 1.54) is 11.5 Å². The molecule has 0 saturated carbocycles. The Morgan fingerprint density at radius 2 is 1.43 bits per heavy atom. The zero-order valence-electron chi connectivity index (χ0n) is 21.0. The Hall–Kier alpha value is -2.84. The number of carboxylic acids is 2. The quantitative estimate of drug-likeness (QED) is 0.556. The van der Waals surface area contributed by atoms with Crippen LogP contribution in [0.5, 0.6) is 0 Å². The average Bonchev–Trinajstić information content (AvgIpc) is 3.15. The first-order chi connectivity index (χ1) is 16.9. The standard InChI is InChI=1S/C18H30N4O.2C2HF3O2/c1-5-21-10-11-22-15(4)13-19-17(22)18(21)6-8-20(9-7-18)16(23)12-14(2)3;2*3-2(4,5)1(6)7/h13-14H,5-12H2,1-4H3;2*(H,6,7). The first-order valence-corrected chi connectivity index (χ1v) is 11.5. The molecule has 9 nitrogen and oxygen atoms in total. The Kier molecular flexibility index (Phi) is 11.0. The molecule has 212 valence electrons. The summed E-state index contributed by atoms with van der Waals surface area (Å²) < 4.78 is 65.9. The fraction of sp³-hybridized carbons (Fsp3) is 0.727. The number of piperidine rings is 1. The molecule has 3 heterocycles. The number of alkyl halides is 6. The van der Waals surface area contributed by atoms with Crippen LogP contribution < -0.4 is 0 Å². The lowest BCUT2D eigenvalue weighted by Gasteiger charge is -2.50. The number of nitrogens with zero attached hydrogens (tertiary/aromatic N) is 4. The number of rotatable bonds is 3. The maximum Gasteiger partial charge on any atom is 0.490 e. The lowest BCUT2D eigenvalue weighted by molar-refractivity contribution is -0.193. The summed E-state index contributed by atoms with van der Waals surface area (Å²) in [6.07, 6.45) is -5.49. The fourth-order valence-electron chi connectivity index (χ4n) is 4.30. The number of carbonyl (C=O) groups excluding carboxylic acids is 1. The number of fused-ring (bicyclic) bond motifs is 2. The minimum Gasteiger partial charge on any atom is -0.475 e. The van der Waals surface area contributed by atoms with Crippen molar-refractivity contribution in [1.29, 1.82) is 0 Å². The van der Waals surface area contributed by atoms with Crippen LogP contribution in [0.15, 0.2) is 6.20 Å². The van der Waals surface area contributed by atoms with Gasteiger partial charge in [-0.1, -0.05) is 20.8 Å². The molecule has 2 N–H and O–H groups in total. The van der Waals surface area contributed by atoms with Crippen molar-refractivity contribution in [3.8, 4) is 0 Å². The molecule has 0 unspecified atom stereocenters. The number of likely N-dealkylation sites (N-methyl/N-ethyl adjacent to an activating group) is 1. The summed E-state index contributed by atoms with van der Waals surface area (Å²) in [5, 5.41) is 14.2. The molecule has 15 heteroatoms. The van der Waals surface area contributed by atoms with E-state index in [4.69, 9.17) is 24.8 Å². The highest BCUT2D eigenvalue weighted by Gasteiger charge is 2.47. The molecule has 2 aliphatic heterocycles. The number of aryl methyl sites for hydroxylation is 1. The van der Waals surface area contributed by atoms with Crippen molar-refractivity contribution in [2.75, 3.05) is 26.2 Å². The normalized spacial score (nSPS) is 17.3. The Morgan fingerprint density at radius 1 is 0.973 bits per heavy atom. The van der Waals surface area contributed by atoms with Crippen molar-refractivity contribution in [3.63, 3.8) is 0 Å². The molecule has 1 amide bonds. The van der Waals surface area contributed by atoms with Crippen molar-refractivity contribution in [3.05, 3.63) is 17.7 Å². The molecule has 0 aromatic carbocycles. The van der Waals surface area contributed by atoms with Gasteiger partial charge in [-0.15, -0.1) is 0 Å². The average molecular weight is 547 g/mol. The summed E-state index contributed by atoms with van der Waals surface area (Å²) in [6, 6.07) is 0. The number of aliphatic carboxylic acids is 2. The molecule has 0 bridgehead atoms. The molecular weight excluding hydrogens is 514 g/mol. The van der Waals surface area contributed by atoms with Crippen LogP contribution in [0.3, 0.4) is 0 Å². The zero-order valence-corrected chi connectivity index (χ0v) is 21.0. The summed E-state index contributed by atoms with van der Waals surface area (Å²) in [5.74, 6) is -3.55. The second-order valence-corrected chi connectivity index (χ2v) is 9.07. The van der Waals surface area contributed by atoms with E-state index < -0.39 is 24.3 Å². The van der Waals surface area contributed by atoms with Gasteiger partial charge in [0.1, 0.15) is 5.82 Å². The summed E-state index contributed by atoms with van der Waals surface area (Å²) in [5.41, 5.74) is 1.28. The highest BCUT2D eigenvalue weighted by Crippen LogP contribution is 2.41. The Bertz CT molecular complexity index is 913. The van der Waals surface area contributed by atoms with Gasteiger partial charge >= 0.3 is 24.3 Å². The van der Waals surface area contributed by atoms with E-state index in [0.29, 0.717) is 18.2 Å².